The molecule has 0 aliphatic rings. The Labute approximate surface area is 214 Å². The topological polar surface area (TPSA) is 80.9 Å². The summed E-state index contributed by atoms with van der Waals surface area (Å²) in [5.74, 6) is 0. The van der Waals surface area contributed by atoms with E-state index >= 15 is 0 Å². The fraction of sp³-hybridized carbons (Fsp3) is 0.238. The summed E-state index contributed by atoms with van der Waals surface area (Å²) in [5, 5.41) is 29.4. The quantitative estimate of drug-likeness (QED) is 0.452. The van der Waals surface area contributed by atoms with E-state index in [1.807, 2.05) is 72.8 Å². The Morgan fingerprint density at radius 2 is 0.815 bits per heavy atom. The summed E-state index contributed by atoms with van der Waals surface area (Å²) >= 11 is 0. The van der Waals surface area contributed by atoms with E-state index < -0.39 is 6.79 Å². The van der Waals surface area contributed by atoms with Crippen LogP contribution in [0, 0.1) is 0 Å². The molecule has 2 aromatic rings. The second-order valence-electron chi connectivity index (χ2n) is 4.00. The Hall–Kier alpha value is -0.0322. The molecule has 2 aromatic carbocycles. The average Bonchev–Trinajstić information content (AvgIpc) is 2.65. The van der Waals surface area contributed by atoms with Crippen LogP contribution in [0.1, 0.15) is 25.0 Å². The SMILES string of the molecule is C=Cc1ccccc1.C=Cc1ccccc1.CCO.CCO.OCO.[Y].[Y]. The molecular weight excluding hydrogens is 494 g/mol. The third-order valence-corrected chi connectivity index (χ3v) is 2.07. The van der Waals surface area contributed by atoms with E-state index in [2.05, 4.69) is 13.2 Å². The molecule has 6 heteroatoms. The van der Waals surface area contributed by atoms with Crippen molar-refractivity contribution in [2.45, 2.75) is 13.8 Å². The van der Waals surface area contributed by atoms with Crippen LogP contribution >= 0.6 is 0 Å². The predicted molar refractivity (Wildman–Crippen MR) is 108 cm³/mol. The monoisotopic (exact) mass is 526 g/mol. The Balaban J connectivity index is -0.0000000801. The first-order valence-corrected chi connectivity index (χ1v) is 7.89. The van der Waals surface area contributed by atoms with Crippen LogP contribution in [-0.2, 0) is 65.4 Å². The minimum absolute atomic E-state index is 0. The second-order valence-corrected chi connectivity index (χ2v) is 4.00. The Kier molecular flexibility index (Phi) is 51.4. The van der Waals surface area contributed by atoms with Gasteiger partial charge in [0.15, 0.2) is 0 Å². The summed E-state index contributed by atoms with van der Waals surface area (Å²) in [4.78, 5) is 0. The van der Waals surface area contributed by atoms with Crippen molar-refractivity contribution in [1.29, 1.82) is 0 Å². The molecule has 0 heterocycles. The number of hydrogen-bond acceptors (Lipinski definition) is 4. The van der Waals surface area contributed by atoms with Crippen molar-refractivity contribution in [1.82, 2.24) is 0 Å². The van der Waals surface area contributed by atoms with Crippen molar-refractivity contribution in [2.24, 2.45) is 0 Å². The fourth-order valence-corrected chi connectivity index (χ4v) is 1.18. The van der Waals surface area contributed by atoms with Gasteiger partial charge in [0.1, 0.15) is 6.79 Å². The molecule has 0 aromatic heterocycles. The van der Waals surface area contributed by atoms with Gasteiger partial charge in [-0.15, -0.1) is 0 Å². The molecular formula is C21H32O4Y2. The first-order chi connectivity index (χ1) is 12.1. The normalized spacial score (nSPS) is 7.04. The van der Waals surface area contributed by atoms with Crippen LogP contribution in [0.3, 0.4) is 0 Å². The summed E-state index contributed by atoms with van der Waals surface area (Å²) in [5.41, 5.74) is 2.35. The molecule has 2 radical (unpaired) electrons. The van der Waals surface area contributed by atoms with Gasteiger partial charge in [-0.3, -0.25) is 0 Å². The van der Waals surface area contributed by atoms with Crippen molar-refractivity contribution in [3.05, 3.63) is 84.9 Å². The van der Waals surface area contributed by atoms with Crippen LogP contribution in [-0.4, -0.2) is 40.4 Å². The largest absolute Gasteiger partial charge is 0.397 e. The third-order valence-electron chi connectivity index (χ3n) is 2.07. The van der Waals surface area contributed by atoms with Gasteiger partial charge in [0.2, 0.25) is 0 Å². The Bertz CT molecular complexity index is 432. The molecule has 2 rings (SSSR count). The van der Waals surface area contributed by atoms with Gasteiger partial charge in [-0.1, -0.05) is 86.0 Å². The molecule has 0 saturated heterocycles. The Morgan fingerprint density at radius 1 is 0.630 bits per heavy atom. The molecule has 0 bridgehead atoms. The summed E-state index contributed by atoms with van der Waals surface area (Å²) < 4.78 is 0. The van der Waals surface area contributed by atoms with Crippen molar-refractivity contribution < 1.29 is 85.8 Å². The molecule has 4 nitrogen and oxygen atoms in total. The average molecular weight is 526 g/mol. The molecule has 0 unspecified atom stereocenters. The number of benzene rings is 2. The van der Waals surface area contributed by atoms with E-state index in [1.54, 1.807) is 13.8 Å². The predicted octanol–water partition coefficient (Wildman–Crippen LogP) is 3.58. The molecule has 0 spiro atoms. The van der Waals surface area contributed by atoms with Crippen LogP contribution < -0.4 is 0 Å². The van der Waals surface area contributed by atoms with E-state index in [0.717, 1.165) is 0 Å². The number of rotatable bonds is 2. The molecule has 27 heavy (non-hydrogen) atoms. The van der Waals surface area contributed by atoms with E-state index in [0.29, 0.717) is 0 Å². The smallest absolute Gasteiger partial charge is 0.140 e. The minimum atomic E-state index is -0.750. The third kappa shape index (κ3) is 37.4. The van der Waals surface area contributed by atoms with Crippen LogP contribution in [0.4, 0.5) is 0 Å². The molecule has 0 aliphatic carbocycles. The zero-order valence-electron chi connectivity index (χ0n) is 16.4. The number of hydrogen-bond donors (Lipinski definition) is 4. The van der Waals surface area contributed by atoms with E-state index in [-0.39, 0.29) is 78.6 Å². The first kappa shape index (κ1) is 37.7. The molecule has 0 atom stereocenters. The number of aliphatic hydroxyl groups is 4. The van der Waals surface area contributed by atoms with Crippen LogP contribution in [0.5, 0.6) is 0 Å². The van der Waals surface area contributed by atoms with Crippen molar-refractivity contribution >= 4 is 12.2 Å². The summed E-state index contributed by atoms with van der Waals surface area (Å²) in [6, 6.07) is 20.1. The van der Waals surface area contributed by atoms with Gasteiger partial charge >= 0.3 is 0 Å². The van der Waals surface area contributed by atoms with E-state index in [4.69, 9.17) is 20.4 Å². The fourth-order valence-electron chi connectivity index (χ4n) is 1.18. The number of aliphatic hydroxyl groups excluding tert-OH is 3. The van der Waals surface area contributed by atoms with E-state index in [9.17, 15) is 0 Å². The van der Waals surface area contributed by atoms with Gasteiger partial charge in [-0.2, -0.15) is 0 Å². The summed E-state index contributed by atoms with van der Waals surface area (Å²) in [7, 11) is 0. The van der Waals surface area contributed by atoms with Crippen molar-refractivity contribution in [3.63, 3.8) is 0 Å². The van der Waals surface area contributed by atoms with Crippen molar-refractivity contribution in [2.75, 3.05) is 20.0 Å². The zero-order valence-corrected chi connectivity index (χ0v) is 22.1. The van der Waals surface area contributed by atoms with Crippen LogP contribution in [0.2, 0.25) is 0 Å². The first-order valence-electron chi connectivity index (χ1n) is 7.89. The van der Waals surface area contributed by atoms with E-state index in [1.165, 1.54) is 11.1 Å². The van der Waals surface area contributed by atoms with Gasteiger partial charge in [-0.25, -0.2) is 0 Å². The van der Waals surface area contributed by atoms with Gasteiger partial charge in [0.25, 0.3) is 0 Å². The van der Waals surface area contributed by atoms with Crippen LogP contribution in [0.25, 0.3) is 12.2 Å². The molecule has 4 N–H and O–H groups in total. The second kappa shape index (κ2) is 36.8. The van der Waals surface area contributed by atoms with Gasteiger partial charge in [-0.05, 0) is 25.0 Å². The maximum absolute atomic E-state index is 7.57. The maximum Gasteiger partial charge on any atom is 0.140 e. The summed E-state index contributed by atoms with van der Waals surface area (Å²) in [6.07, 6.45) is 3.67. The van der Waals surface area contributed by atoms with Gasteiger partial charge in [0.05, 0.1) is 0 Å². The molecule has 0 fully saturated rings. The maximum atomic E-state index is 7.57. The van der Waals surface area contributed by atoms with Crippen LogP contribution in [0.15, 0.2) is 73.8 Å². The Morgan fingerprint density at radius 3 is 0.926 bits per heavy atom. The zero-order chi connectivity index (χ0) is 19.8. The van der Waals surface area contributed by atoms with Gasteiger partial charge < -0.3 is 20.4 Å². The molecule has 146 valence electrons. The molecule has 0 aliphatic heterocycles. The molecule has 0 amide bonds. The standard InChI is InChI=1S/2C8H8.2C2H6O.CH4O2.2Y/c2*1-2-8-6-4-3-5-7-8;2*1-2-3;2-1-3;;/h2*2-7H,1H2;2*3H,2H2,1H3;2-3H,1H2;;. The minimum Gasteiger partial charge on any atom is -0.397 e. The van der Waals surface area contributed by atoms with Crippen molar-refractivity contribution in [3.8, 4) is 0 Å². The van der Waals surface area contributed by atoms with Gasteiger partial charge in [0, 0.05) is 78.6 Å². The summed E-state index contributed by atoms with van der Waals surface area (Å²) in [6.45, 7) is 10.4. The molecule has 0 saturated carbocycles.